The Balaban J connectivity index is 2.02. The molecule has 1 heterocycles. The number of rotatable bonds is 5. The Labute approximate surface area is 117 Å². The van der Waals surface area contributed by atoms with Gasteiger partial charge in [0.2, 0.25) is 0 Å². The van der Waals surface area contributed by atoms with E-state index in [1.54, 1.807) is 29.4 Å². The van der Waals surface area contributed by atoms with Crippen molar-refractivity contribution in [2.45, 2.75) is 6.54 Å². The number of nitrogens with one attached hydrogen (secondary N) is 1. The Morgan fingerprint density at radius 3 is 2.65 bits per heavy atom. The van der Waals surface area contributed by atoms with Gasteiger partial charge in [-0.05, 0) is 17.7 Å². The van der Waals surface area contributed by atoms with Crippen molar-refractivity contribution in [2.75, 3.05) is 18.5 Å². The lowest BCUT2D eigenvalue weighted by molar-refractivity contribution is 0.185. The Morgan fingerprint density at radius 2 is 2.00 bits per heavy atom. The van der Waals surface area contributed by atoms with E-state index in [9.17, 15) is 4.79 Å². The SMILES string of the molecule is O=C(Nc1cccnc1)N(CCO)Cc1ccccc1. The monoisotopic (exact) mass is 271 g/mol. The van der Waals surface area contributed by atoms with Crippen molar-refractivity contribution in [1.29, 1.82) is 0 Å². The highest BCUT2D eigenvalue weighted by Crippen LogP contribution is 2.08. The smallest absolute Gasteiger partial charge is 0.322 e. The first kappa shape index (κ1) is 14.0. The summed E-state index contributed by atoms with van der Waals surface area (Å²) >= 11 is 0. The minimum atomic E-state index is -0.254. The van der Waals surface area contributed by atoms with E-state index in [0.717, 1.165) is 5.56 Å². The first-order chi connectivity index (χ1) is 9.79. The molecule has 0 aliphatic heterocycles. The number of aliphatic hydroxyl groups excluding tert-OH is 1. The van der Waals surface area contributed by atoms with Gasteiger partial charge in [0, 0.05) is 19.3 Å². The van der Waals surface area contributed by atoms with Crippen LogP contribution in [0.25, 0.3) is 0 Å². The quantitative estimate of drug-likeness (QED) is 0.875. The van der Waals surface area contributed by atoms with Crippen molar-refractivity contribution >= 4 is 11.7 Å². The van der Waals surface area contributed by atoms with Gasteiger partial charge < -0.3 is 15.3 Å². The molecule has 104 valence electrons. The molecule has 0 aliphatic carbocycles. The number of anilines is 1. The molecule has 2 N–H and O–H groups in total. The molecular formula is C15H17N3O2. The number of amides is 2. The third kappa shape index (κ3) is 4.07. The summed E-state index contributed by atoms with van der Waals surface area (Å²) in [6.45, 7) is 0.655. The number of carbonyl (C=O) groups excluding carboxylic acids is 1. The van der Waals surface area contributed by atoms with Crippen molar-refractivity contribution in [2.24, 2.45) is 0 Å². The summed E-state index contributed by atoms with van der Waals surface area (Å²) in [6.07, 6.45) is 3.22. The molecule has 0 spiro atoms. The van der Waals surface area contributed by atoms with Crippen LogP contribution in [0.4, 0.5) is 10.5 Å². The molecular weight excluding hydrogens is 254 g/mol. The molecule has 1 aromatic carbocycles. The van der Waals surface area contributed by atoms with Crippen molar-refractivity contribution in [3.63, 3.8) is 0 Å². The number of aliphatic hydroxyl groups is 1. The molecule has 1 aromatic heterocycles. The van der Waals surface area contributed by atoms with Crippen LogP contribution in [0.15, 0.2) is 54.9 Å². The lowest BCUT2D eigenvalue weighted by atomic mass is 10.2. The van der Waals surface area contributed by atoms with Gasteiger partial charge in [0.25, 0.3) is 0 Å². The van der Waals surface area contributed by atoms with Gasteiger partial charge in [0.1, 0.15) is 0 Å². The van der Waals surface area contributed by atoms with Crippen LogP contribution in [0.2, 0.25) is 0 Å². The highest BCUT2D eigenvalue weighted by atomic mass is 16.3. The fourth-order valence-electron chi connectivity index (χ4n) is 1.82. The number of urea groups is 1. The van der Waals surface area contributed by atoms with Crippen LogP contribution in [0.5, 0.6) is 0 Å². The number of pyridine rings is 1. The number of benzene rings is 1. The summed E-state index contributed by atoms with van der Waals surface area (Å²) in [7, 11) is 0. The van der Waals surface area contributed by atoms with Crippen LogP contribution in [-0.2, 0) is 6.54 Å². The Bertz CT molecular complexity index is 531. The molecule has 2 rings (SSSR count). The Hall–Kier alpha value is -2.40. The van der Waals surface area contributed by atoms with Crippen LogP contribution in [0.1, 0.15) is 5.56 Å². The lowest BCUT2D eigenvalue weighted by Crippen LogP contribution is -2.36. The van der Waals surface area contributed by atoms with Gasteiger partial charge in [-0.15, -0.1) is 0 Å². The highest BCUT2D eigenvalue weighted by molar-refractivity contribution is 5.89. The second-order valence-electron chi connectivity index (χ2n) is 4.30. The Morgan fingerprint density at radius 1 is 1.20 bits per heavy atom. The summed E-state index contributed by atoms with van der Waals surface area (Å²) in [5.41, 5.74) is 1.65. The molecule has 0 atom stereocenters. The summed E-state index contributed by atoms with van der Waals surface area (Å²) < 4.78 is 0. The summed E-state index contributed by atoms with van der Waals surface area (Å²) in [5.74, 6) is 0. The van der Waals surface area contributed by atoms with E-state index >= 15 is 0 Å². The Kier molecular flexibility index (Phi) is 5.08. The van der Waals surface area contributed by atoms with Gasteiger partial charge in [-0.1, -0.05) is 30.3 Å². The maximum Gasteiger partial charge on any atom is 0.322 e. The second kappa shape index (κ2) is 7.25. The topological polar surface area (TPSA) is 65.5 Å². The average molecular weight is 271 g/mol. The number of carbonyl (C=O) groups is 1. The molecule has 0 saturated heterocycles. The number of aromatic nitrogens is 1. The number of hydrogen-bond acceptors (Lipinski definition) is 3. The van der Waals surface area contributed by atoms with Crippen molar-refractivity contribution < 1.29 is 9.90 Å². The molecule has 5 heteroatoms. The van der Waals surface area contributed by atoms with Crippen LogP contribution >= 0.6 is 0 Å². The number of nitrogens with zero attached hydrogens (tertiary/aromatic N) is 2. The van der Waals surface area contributed by atoms with Gasteiger partial charge in [-0.3, -0.25) is 4.98 Å². The van der Waals surface area contributed by atoms with Crippen LogP contribution in [-0.4, -0.2) is 34.2 Å². The van der Waals surface area contributed by atoms with Gasteiger partial charge in [-0.2, -0.15) is 0 Å². The molecule has 2 aromatic rings. The van der Waals surface area contributed by atoms with E-state index in [1.165, 1.54) is 0 Å². The molecule has 0 aliphatic rings. The molecule has 0 saturated carbocycles. The van der Waals surface area contributed by atoms with E-state index in [1.807, 2.05) is 30.3 Å². The number of hydrogen-bond donors (Lipinski definition) is 2. The molecule has 0 radical (unpaired) electrons. The normalized spacial score (nSPS) is 10.1. The molecule has 2 amide bonds. The maximum atomic E-state index is 12.2. The predicted octanol–water partition coefficient (Wildman–Crippen LogP) is 2.11. The molecule has 20 heavy (non-hydrogen) atoms. The fourth-order valence-corrected chi connectivity index (χ4v) is 1.82. The van der Waals surface area contributed by atoms with E-state index in [-0.39, 0.29) is 19.2 Å². The van der Waals surface area contributed by atoms with Gasteiger partial charge >= 0.3 is 6.03 Å². The van der Waals surface area contributed by atoms with Gasteiger partial charge in [0.15, 0.2) is 0 Å². The van der Waals surface area contributed by atoms with Crippen molar-refractivity contribution in [3.05, 3.63) is 60.4 Å². The van der Waals surface area contributed by atoms with E-state index in [2.05, 4.69) is 10.3 Å². The largest absolute Gasteiger partial charge is 0.395 e. The minimum Gasteiger partial charge on any atom is -0.395 e. The van der Waals surface area contributed by atoms with E-state index in [4.69, 9.17) is 5.11 Å². The second-order valence-corrected chi connectivity index (χ2v) is 4.30. The van der Waals surface area contributed by atoms with Crippen LogP contribution in [0, 0.1) is 0 Å². The summed E-state index contributed by atoms with van der Waals surface area (Å²) in [4.78, 5) is 17.7. The third-order valence-corrected chi connectivity index (χ3v) is 2.79. The first-order valence-corrected chi connectivity index (χ1v) is 6.40. The maximum absolute atomic E-state index is 12.2. The minimum absolute atomic E-state index is 0.0761. The predicted molar refractivity (Wildman–Crippen MR) is 77.2 cm³/mol. The zero-order valence-electron chi connectivity index (χ0n) is 11.1. The molecule has 0 unspecified atom stereocenters. The lowest BCUT2D eigenvalue weighted by Gasteiger charge is -2.22. The van der Waals surface area contributed by atoms with E-state index < -0.39 is 0 Å². The average Bonchev–Trinajstić information content (AvgIpc) is 2.49. The van der Waals surface area contributed by atoms with E-state index in [0.29, 0.717) is 12.2 Å². The molecule has 0 bridgehead atoms. The summed E-state index contributed by atoms with van der Waals surface area (Å²) in [5, 5.41) is 11.9. The zero-order valence-corrected chi connectivity index (χ0v) is 11.1. The third-order valence-electron chi connectivity index (χ3n) is 2.79. The molecule has 0 fully saturated rings. The fraction of sp³-hybridized carbons (Fsp3) is 0.200. The van der Waals surface area contributed by atoms with Crippen molar-refractivity contribution in [3.8, 4) is 0 Å². The van der Waals surface area contributed by atoms with Crippen molar-refractivity contribution in [1.82, 2.24) is 9.88 Å². The van der Waals surface area contributed by atoms with Crippen LogP contribution < -0.4 is 5.32 Å². The highest BCUT2D eigenvalue weighted by Gasteiger charge is 2.13. The van der Waals surface area contributed by atoms with Crippen LogP contribution in [0.3, 0.4) is 0 Å². The summed E-state index contributed by atoms with van der Waals surface area (Å²) in [6, 6.07) is 12.9. The zero-order chi connectivity index (χ0) is 14.2. The molecule has 5 nitrogen and oxygen atoms in total. The standard InChI is InChI=1S/C15H17N3O2/c19-10-9-18(12-13-5-2-1-3-6-13)15(20)17-14-7-4-8-16-11-14/h1-8,11,19H,9-10,12H2,(H,17,20). The van der Waals surface area contributed by atoms with Gasteiger partial charge in [0.05, 0.1) is 18.5 Å². The van der Waals surface area contributed by atoms with Gasteiger partial charge in [-0.25, -0.2) is 4.79 Å². The first-order valence-electron chi connectivity index (χ1n) is 6.40.